The van der Waals surface area contributed by atoms with Gasteiger partial charge in [-0.15, -0.1) is 0 Å². The Balaban J connectivity index is 2.02. The maximum atomic E-state index is 13.0. The Labute approximate surface area is 170 Å². The van der Waals surface area contributed by atoms with Crippen LogP contribution in [0.15, 0.2) is 76.6 Å². The highest BCUT2D eigenvalue weighted by molar-refractivity contribution is 7.90. The number of carbonyl (C=O) groups excluding carboxylic acids is 1. The maximum Gasteiger partial charge on any atom is 0.250 e. The van der Waals surface area contributed by atoms with Crippen molar-refractivity contribution in [1.29, 1.82) is 0 Å². The summed E-state index contributed by atoms with van der Waals surface area (Å²) < 4.78 is 24.9. The van der Waals surface area contributed by atoms with E-state index >= 15 is 0 Å². The molecule has 6 heteroatoms. The van der Waals surface area contributed by atoms with Gasteiger partial charge in [-0.25, -0.2) is 8.42 Å². The van der Waals surface area contributed by atoms with Crippen molar-refractivity contribution in [3.63, 3.8) is 0 Å². The van der Waals surface area contributed by atoms with E-state index in [9.17, 15) is 18.0 Å². The second-order valence-electron chi connectivity index (χ2n) is 7.24. The number of ketones is 1. The summed E-state index contributed by atoms with van der Waals surface area (Å²) >= 11 is 0. The highest BCUT2D eigenvalue weighted by Crippen LogP contribution is 2.32. The number of hydrogen-bond acceptors (Lipinski definition) is 4. The molecule has 0 radical (unpaired) electrons. The SMILES string of the molecule is Cc1ccccc1C(CC(=O)c1ccc(=O)n(C)c1)c1ccc(S(C)(=O)=O)cc1. The van der Waals surface area contributed by atoms with Gasteiger partial charge in [0.1, 0.15) is 0 Å². The van der Waals surface area contributed by atoms with E-state index in [0.29, 0.717) is 5.56 Å². The van der Waals surface area contributed by atoms with E-state index in [0.717, 1.165) is 16.7 Å². The van der Waals surface area contributed by atoms with Crippen LogP contribution in [0.3, 0.4) is 0 Å². The zero-order valence-electron chi connectivity index (χ0n) is 16.6. The summed E-state index contributed by atoms with van der Waals surface area (Å²) in [5, 5.41) is 0. The molecular weight excluding hydrogens is 386 g/mol. The molecule has 0 saturated heterocycles. The summed E-state index contributed by atoms with van der Waals surface area (Å²) in [5.41, 5.74) is 3.23. The highest BCUT2D eigenvalue weighted by atomic mass is 32.2. The van der Waals surface area contributed by atoms with Gasteiger partial charge in [-0.1, -0.05) is 36.4 Å². The number of hydrogen-bond donors (Lipinski definition) is 0. The van der Waals surface area contributed by atoms with Crippen LogP contribution in [-0.2, 0) is 16.9 Å². The first-order chi connectivity index (χ1) is 13.7. The van der Waals surface area contributed by atoms with Gasteiger partial charge >= 0.3 is 0 Å². The minimum atomic E-state index is -3.29. The number of carbonyl (C=O) groups is 1. The number of aromatic nitrogens is 1. The summed E-state index contributed by atoms with van der Waals surface area (Å²) in [5.74, 6) is -0.310. The Kier molecular flexibility index (Phi) is 5.84. The number of benzene rings is 2. The molecule has 150 valence electrons. The third kappa shape index (κ3) is 4.71. The monoisotopic (exact) mass is 409 g/mol. The molecule has 0 N–H and O–H groups in total. The Bertz CT molecular complexity index is 1210. The van der Waals surface area contributed by atoms with E-state index in [1.54, 1.807) is 43.6 Å². The Morgan fingerprint density at radius 3 is 2.24 bits per heavy atom. The molecule has 1 heterocycles. The van der Waals surface area contributed by atoms with Crippen LogP contribution in [0.4, 0.5) is 0 Å². The van der Waals surface area contributed by atoms with Crippen LogP contribution < -0.4 is 5.56 Å². The van der Waals surface area contributed by atoms with Gasteiger partial charge in [0.05, 0.1) is 4.90 Å². The van der Waals surface area contributed by atoms with Gasteiger partial charge < -0.3 is 4.57 Å². The van der Waals surface area contributed by atoms with Gasteiger partial charge in [-0.2, -0.15) is 0 Å². The molecular formula is C23H23NO4S. The Morgan fingerprint density at radius 1 is 1.00 bits per heavy atom. The molecule has 0 spiro atoms. The lowest BCUT2D eigenvalue weighted by Crippen LogP contribution is -2.17. The van der Waals surface area contributed by atoms with Crippen LogP contribution >= 0.6 is 0 Å². The summed E-state index contributed by atoms with van der Waals surface area (Å²) in [6, 6.07) is 17.5. The van der Waals surface area contributed by atoms with E-state index in [1.165, 1.54) is 16.9 Å². The topological polar surface area (TPSA) is 73.2 Å². The van der Waals surface area contributed by atoms with Gasteiger partial charge in [-0.05, 0) is 41.8 Å². The first-order valence-electron chi connectivity index (χ1n) is 9.22. The fourth-order valence-electron chi connectivity index (χ4n) is 3.39. The van der Waals surface area contributed by atoms with Crippen LogP contribution in [-0.4, -0.2) is 25.0 Å². The minimum absolute atomic E-state index is 0.0824. The standard InChI is InChI=1S/C23H23NO4S/c1-16-6-4-5-7-20(16)21(17-8-11-19(12-9-17)29(3,27)28)14-22(25)18-10-13-23(26)24(2)15-18/h4-13,15,21H,14H2,1-3H3. The van der Waals surface area contributed by atoms with Crippen molar-refractivity contribution >= 4 is 15.6 Å². The predicted octanol–water partition coefficient (Wildman–Crippen LogP) is 3.50. The van der Waals surface area contributed by atoms with Gasteiger partial charge in [0.25, 0.3) is 0 Å². The van der Waals surface area contributed by atoms with Crippen molar-refractivity contribution in [2.24, 2.45) is 7.05 Å². The van der Waals surface area contributed by atoms with Crippen molar-refractivity contribution in [3.05, 3.63) is 99.5 Å². The average molecular weight is 410 g/mol. The first kappa shape index (κ1) is 20.7. The van der Waals surface area contributed by atoms with E-state index in [1.807, 2.05) is 31.2 Å². The van der Waals surface area contributed by atoms with Gasteiger partial charge in [-0.3, -0.25) is 9.59 Å². The van der Waals surface area contributed by atoms with Crippen molar-refractivity contribution in [2.75, 3.05) is 6.26 Å². The van der Waals surface area contributed by atoms with E-state index < -0.39 is 9.84 Å². The first-order valence-corrected chi connectivity index (χ1v) is 11.1. The lowest BCUT2D eigenvalue weighted by molar-refractivity contribution is 0.0977. The fraction of sp³-hybridized carbons (Fsp3) is 0.217. The maximum absolute atomic E-state index is 13.0. The third-order valence-corrected chi connectivity index (χ3v) is 6.20. The fourth-order valence-corrected chi connectivity index (χ4v) is 4.03. The number of pyridine rings is 1. The molecule has 0 amide bonds. The smallest absolute Gasteiger partial charge is 0.250 e. The van der Waals surface area contributed by atoms with Gasteiger partial charge in [0.15, 0.2) is 15.6 Å². The second kappa shape index (κ2) is 8.17. The number of Topliss-reactive ketones (excluding diaryl/α,β-unsaturated/α-hetero) is 1. The molecule has 5 nitrogen and oxygen atoms in total. The van der Waals surface area contributed by atoms with Crippen LogP contribution in [0, 0.1) is 6.92 Å². The van der Waals surface area contributed by atoms with E-state index in [4.69, 9.17) is 0 Å². The number of sulfone groups is 1. The number of rotatable bonds is 6. The predicted molar refractivity (Wildman–Crippen MR) is 113 cm³/mol. The van der Waals surface area contributed by atoms with Crippen LogP contribution in [0.2, 0.25) is 0 Å². The minimum Gasteiger partial charge on any atom is -0.318 e. The van der Waals surface area contributed by atoms with Gasteiger partial charge in [0.2, 0.25) is 5.56 Å². The number of nitrogens with zero attached hydrogens (tertiary/aromatic N) is 1. The van der Waals surface area contributed by atoms with Crippen molar-refractivity contribution in [2.45, 2.75) is 24.2 Å². The average Bonchev–Trinajstić information content (AvgIpc) is 2.68. The molecule has 0 aliphatic rings. The normalized spacial score (nSPS) is 12.5. The molecule has 29 heavy (non-hydrogen) atoms. The van der Waals surface area contributed by atoms with Crippen molar-refractivity contribution in [3.8, 4) is 0 Å². The van der Waals surface area contributed by atoms with Crippen LogP contribution in [0.25, 0.3) is 0 Å². The molecule has 1 unspecified atom stereocenters. The zero-order valence-corrected chi connectivity index (χ0v) is 17.4. The molecule has 0 aliphatic carbocycles. The van der Waals surface area contributed by atoms with Crippen LogP contribution in [0.5, 0.6) is 0 Å². The molecule has 1 aromatic heterocycles. The lowest BCUT2D eigenvalue weighted by Gasteiger charge is -2.20. The molecule has 3 rings (SSSR count). The summed E-state index contributed by atoms with van der Waals surface area (Å²) in [6.07, 6.45) is 2.93. The third-order valence-electron chi connectivity index (χ3n) is 5.07. The molecule has 2 aromatic carbocycles. The van der Waals surface area contributed by atoms with E-state index in [-0.39, 0.29) is 28.6 Å². The Hall–Kier alpha value is -2.99. The number of aryl methyl sites for hydroxylation is 2. The molecule has 0 fully saturated rings. The van der Waals surface area contributed by atoms with Crippen molar-refractivity contribution in [1.82, 2.24) is 4.57 Å². The van der Waals surface area contributed by atoms with E-state index in [2.05, 4.69) is 0 Å². The second-order valence-corrected chi connectivity index (χ2v) is 9.26. The summed E-state index contributed by atoms with van der Waals surface area (Å²) in [6.45, 7) is 1.99. The molecule has 0 saturated carbocycles. The quantitative estimate of drug-likeness (QED) is 0.584. The zero-order chi connectivity index (χ0) is 21.2. The Morgan fingerprint density at radius 2 is 1.66 bits per heavy atom. The molecule has 1 atom stereocenters. The van der Waals surface area contributed by atoms with Crippen molar-refractivity contribution < 1.29 is 13.2 Å². The lowest BCUT2D eigenvalue weighted by atomic mass is 9.84. The largest absolute Gasteiger partial charge is 0.318 e. The molecule has 0 aliphatic heterocycles. The van der Waals surface area contributed by atoms with Crippen LogP contribution in [0.1, 0.15) is 39.4 Å². The molecule has 3 aromatic rings. The molecule has 0 bridgehead atoms. The van der Waals surface area contributed by atoms with Gasteiger partial charge in [0, 0.05) is 43.5 Å². The highest BCUT2D eigenvalue weighted by Gasteiger charge is 2.21. The summed E-state index contributed by atoms with van der Waals surface area (Å²) in [4.78, 5) is 24.9. The summed E-state index contributed by atoms with van der Waals surface area (Å²) in [7, 11) is -1.68.